The smallest absolute Gasteiger partial charge is 0.222 e. The first-order valence-corrected chi connectivity index (χ1v) is 6.26. The van der Waals surface area contributed by atoms with Crippen molar-refractivity contribution in [1.82, 2.24) is 10.6 Å². The van der Waals surface area contributed by atoms with Crippen LogP contribution in [-0.2, 0) is 9.53 Å². The van der Waals surface area contributed by atoms with Crippen LogP contribution in [0.25, 0.3) is 0 Å². The van der Waals surface area contributed by atoms with Gasteiger partial charge in [-0.25, -0.2) is 0 Å². The number of nitrogens with one attached hydrogen (secondary N) is 2. The summed E-state index contributed by atoms with van der Waals surface area (Å²) in [5, 5.41) is 6.31. The molecule has 16 heavy (non-hydrogen) atoms. The van der Waals surface area contributed by atoms with E-state index in [4.69, 9.17) is 4.74 Å². The van der Waals surface area contributed by atoms with Gasteiger partial charge in [0.1, 0.15) is 0 Å². The van der Waals surface area contributed by atoms with Crippen LogP contribution in [0.15, 0.2) is 0 Å². The molecule has 1 unspecified atom stereocenters. The monoisotopic (exact) mass is 228 g/mol. The topological polar surface area (TPSA) is 50.4 Å². The van der Waals surface area contributed by atoms with Crippen LogP contribution in [0.1, 0.15) is 26.7 Å². The summed E-state index contributed by atoms with van der Waals surface area (Å²) in [6.45, 7) is 8.41. The molecule has 0 spiro atoms. The van der Waals surface area contributed by atoms with Crippen LogP contribution >= 0.6 is 0 Å². The van der Waals surface area contributed by atoms with Crippen molar-refractivity contribution < 1.29 is 9.53 Å². The van der Waals surface area contributed by atoms with E-state index in [2.05, 4.69) is 10.6 Å². The molecule has 1 aliphatic heterocycles. The Morgan fingerprint density at radius 3 is 2.88 bits per heavy atom. The minimum atomic E-state index is 0.0867. The zero-order valence-corrected chi connectivity index (χ0v) is 10.4. The highest BCUT2D eigenvalue weighted by Gasteiger charge is 2.14. The lowest BCUT2D eigenvalue weighted by atomic mass is 10.1. The summed E-state index contributed by atoms with van der Waals surface area (Å²) in [6.07, 6.45) is 2.17. The molecular weight excluding hydrogens is 204 g/mol. The molecule has 1 atom stereocenters. The van der Waals surface area contributed by atoms with Crippen LogP contribution in [-0.4, -0.2) is 38.8 Å². The fraction of sp³-hybridized carbons (Fsp3) is 0.917. The number of amides is 1. The Morgan fingerprint density at radius 1 is 1.44 bits per heavy atom. The number of carbonyl (C=O) groups is 1. The molecule has 0 aromatic carbocycles. The van der Waals surface area contributed by atoms with Crippen LogP contribution in [0.3, 0.4) is 0 Å². The second-order valence-corrected chi connectivity index (χ2v) is 4.73. The number of rotatable bonds is 7. The van der Waals surface area contributed by atoms with Gasteiger partial charge < -0.3 is 15.4 Å². The highest BCUT2D eigenvalue weighted by molar-refractivity contribution is 5.77. The Bertz CT molecular complexity index is 201. The Balaban J connectivity index is 1.86. The highest BCUT2D eigenvalue weighted by Crippen LogP contribution is 2.10. The maximum Gasteiger partial charge on any atom is 0.222 e. The minimum absolute atomic E-state index is 0.0867. The van der Waals surface area contributed by atoms with Crippen molar-refractivity contribution in [2.45, 2.75) is 26.7 Å². The van der Waals surface area contributed by atoms with Gasteiger partial charge in [-0.2, -0.15) is 0 Å². The molecule has 1 heterocycles. The first-order chi connectivity index (χ1) is 7.70. The van der Waals surface area contributed by atoms with Gasteiger partial charge in [0.05, 0.1) is 6.61 Å². The summed E-state index contributed by atoms with van der Waals surface area (Å²) in [5.41, 5.74) is 0. The second kappa shape index (κ2) is 7.63. The third-order valence-corrected chi connectivity index (χ3v) is 2.81. The lowest BCUT2D eigenvalue weighted by molar-refractivity contribution is -0.123. The zero-order chi connectivity index (χ0) is 11.8. The van der Waals surface area contributed by atoms with Crippen LogP contribution in [0.5, 0.6) is 0 Å². The maximum atomic E-state index is 11.2. The number of ether oxygens (including phenoxy) is 1. The standard InChI is InChI=1S/C12H24N2O2/c1-10(2)12(15)14-6-3-5-13-8-11-4-7-16-9-11/h10-11,13H,3-9H2,1-2H3,(H,14,15). The van der Waals surface area contributed by atoms with Crippen LogP contribution in [0.4, 0.5) is 0 Å². The summed E-state index contributed by atoms with van der Waals surface area (Å²) in [6, 6.07) is 0. The molecule has 0 radical (unpaired) electrons. The predicted octanol–water partition coefficient (Wildman–Crippen LogP) is 0.775. The summed E-state index contributed by atoms with van der Waals surface area (Å²) in [4.78, 5) is 11.2. The van der Waals surface area contributed by atoms with Crippen molar-refractivity contribution in [1.29, 1.82) is 0 Å². The van der Waals surface area contributed by atoms with E-state index in [9.17, 15) is 4.79 Å². The molecule has 0 aromatic heterocycles. The first-order valence-electron chi connectivity index (χ1n) is 6.26. The molecule has 1 amide bonds. The van der Waals surface area contributed by atoms with E-state index >= 15 is 0 Å². The van der Waals surface area contributed by atoms with Gasteiger partial charge in [0.15, 0.2) is 0 Å². The minimum Gasteiger partial charge on any atom is -0.381 e. The van der Waals surface area contributed by atoms with E-state index in [0.29, 0.717) is 5.92 Å². The van der Waals surface area contributed by atoms with Crippen LogP contribution in [0, 0.1) is 11.8 Å². The molecule has 0 saturated carbocycles. The van der Waals surface area contributed by atoms with E-state index in [1.165, 1.54) is 6.42 Å². The largest absolute Gasteiger partial charge is 0.381 e. The van der Waals surface area contributed by atoms with Crippen molar-refractivity contribution >= 4 is 5.91 Å². The summed E-state index contributed by atoms with van der Waals surface area (Å²) < 4.78 is 5.30. The summed E-state index contributed by atoms with van der Waals surface area (Å²) in [5.74, 6) is 0.915. The van der Waals surface area contributed by atoms with Crippen molar-refractivity contribution in [3.63, 3.8) is 0 Å². The molecule has 0 aliphatic carbocycles. The first kappa shape index (κ1) is 13.5. The third-order valence-electron chi connectivity index (χ3n) is 2.81. The van der Waals surface area contributed by atoms with Gasteiger partial charge in [-0.15, -0.1) is 0 Å². The fourth-order valence-corrected chi connectivity index (χ4v) is 1.68. The molecule has 4 nitrogen and oxygen atoms in total. The van der Waals surface area contributed by atoms with Gasteiger partial charge in [-0.3, -0.25) is 4.79 Å². The second-order valence-electron chi connectivity index (χ2n) is 4.73. The van der Waals surface area contributed by atoms with Gasteiger partial charge in [0, 0.05) is 25.6 Å². The summed E-state index contributed by atoms with van der Waals surface area (Å²) in [7, 11) is 0. The van der Waals surface area contributed by atoms with Crippen molar-refractivity contribution in [3.8, 4) is 0 Å². The normalized spacial score (nSPS) is 20.3. The third kappa shape index (κ3) is 5.47. The highest BCUT2D eigenvalue weighted by atomic mass is 16.5. The van der Waals surface area contributed by atoms with E-state index in [-0.39, 0.29) is 11.8 Å². The van der Waals surface area contributed by atoms with E-state index in [0.717, 1.165) is 39.3 Å². The molecule has 2 N–H and O–H groups in total. The molecule has 4 heteroatoms. The molecule has 94 valence electrons. The Morgan fingerprint density at radius 2 is 2.25 bits per heavy atom. The van der Waals surface area contributed by atoms with E-state index in [1.807, 2.05) is 13.8 Å². The SMILES string of the molecule is CC(C)C(=O)NCCCNCC1CCOC1. The maximum absolute atomic E-state index is 11.2. The van der Waals surface area contributed by atoms with E-state index in [1.54, 1.807) is 0 Å². The van der Waals surface area contributed by atoms with Gasteiger partial charge >= 0.3 is 0 Å². The van der Waals surface area contributed by atoms with Gasteiger partial charge in [0.25, 0.3) is 0 Å². The van der Waals surface area contributed by atoms with Gasteiger partial charge in [-0.1, -0.05) is 13.8 Å². The van der Waals surface area contributed by atoms with Gasteiger partial charge in [0.2, 0.25) is 5.91 Å². The molecule has 1 saturated heterocycles. The lowest BCUT2D eigenvalue weighted by Crippen LogP contribution is -2.31. The quantitative estimate of drug-likeness (QED) is 0.633. The fourth-order valence-electron chi connectivity index (χ4n) is 1.68. The van der Waals surface area contributed by atoms with Crippen molar-refractivity contribution in [2.24, 2.45) is 11.8 Å². The number of hydrogen-bond donors (Lipinski definition) is 2. The number of carbonyl (C=O) groups excluding carboxylic acids is 1. The van der Waals surface area contributed by atoms with E-state index < -0.39 is 0 Å². The van der Waals surface area contributed by atoms with Crippen molar-refractivity contribution in [3.05, 3.63) is 0 Å². The molecule has 1 rings (SSSR count). The summed E-state index contributed by atoms with van der Waals surface area (Å²) >= 11 is 0. The number of hydrogen-bond acceptors (Lipinski definition) is 3. The average molecular weight is 228 g/mol. The zero-order valence-electron chi connectivity index (χ0n) is 10.4. The molecular formula is C12H24N2O2. The molecule has 1 fully saturated rings. The van der Waals surface area contributed by atoms with Crippen LogP contribution in [0.2, 0.25) is 0 Å². The average Bonchev–Trinajstić information content (AvgIpc) is 2.75. The Labute approximate surface area is 98.1 Å². The molecule has 0 bridgehead atoms. The van der Waals surface area contributed by atoms with Crippen molar-refractivity contribution in [2.75, 3.05) is 32.8 Å². The van der Waals surface area contributed by atoms with Gasteiger partial charge in [-0.05, 0) is 25.3 Å². The molecule has 1 aliphatic rings. The molecule has 0 aromatic rings. The Hall–Kier alpha value is -0.610. The Kier molecular flexibility index (Phi) is 6.42. The van der Waals surface area contributed by atoms with Crippen LogP contribution < -0.4 is 10.6 Å². The lowest BCUT2D eigenvalue weighted by Gasteiger charge is -2.10. The predicted molar refractivity (Wildman–Crippen MR) is 64.3 cm³/mol.